The summed E-state index contributed by atoms with van der Waals surface area (Å²) in [6.07, 6.45) is 0.567. The molecule has 0 bridgehead atoms. The van der Waals surface area contributed by atoms with E-state index in [1.165, 1.54) is 0 Å². The maximum Gasteiger partial charge on any atom is 0.258 e. The second-order valence-corrected chi connectivity index (χ2v) is 6.14. The van der Waals surface area contributed by atoms with Gasteiger partial charge in [0.2, 0.25) is 5.82 Å². The van der Waals surface area contributed by atoms with Crippen LogP contribution in [0.3, 0.4) is 0 Å². The topological polar surface area (TPSA) is 74.2 Å². The predicted octanol–water partition coefficient (Wildman–Crippen LogP) is 2.97. The fraction of sp³-hybridized carbons (Fsp3) is 0.500. The lowest BCUT2D eigenvalue weighted by Gasteiger charge is -2.26. The van der Waals surface area contributed by atoms with Crippen molar-refractivity contribution in [3.8, 4) is 11.5 Å². The molecular formula is C16H23N3O2. The molecule has 5 heteroatoms. The number of rotatable bonds is 5. The van der Waals surface area contributed by atoms with E-state index in [0.29, 0.717) is 18.3 Å². The van der Waals surface area contributed by atoms with Gasteiger partial charge in [0.15, 0.2) is 0 Å². The van der Waals surface area contributed by atoms with Crippen LogP contribution in [0.4, 0.5) is 0 Å². The Kier molecular flexibility index (Phi) is 4.75. The Bertz CT molecular complexity index is 587. The summed E-state index contributed by atoms with van der Waals surface area (Å²) in [6, 6.07) is 7.94. The largest absolute Gasteiger partial charge is 0.373 e. The summed E-state index contributed by atoms with van der Waals surface area (Å²) in [4.78, 5) is 4.52. The zero-order valence-electron chi connectivity index (χ0n) is 13.1. The van der Waals surface area contributed by atoms with Crippen molar-refractivity contribution >= 4 is 0 Å². The van der Waals surface area contributed by atoms with Crippen LogP contribution in [0.25, 0.3) is 11.5 Å². The number of aromatic nitrogens is 2. The van der Waals surface area contributed by atoms with Crippen LogP contribution in [0.2, 0.25) is 0 Å². The lowest BCUT2D eigenvalue weighted by molar-refractivity contribution is 0.00718. The van der Waals surface area contributed by atoms with Crippen molar-refractivity contribution in [2.75, 3.05) is 13.7 Å². The summed E-state index contributed by atoms with van der Waals surface area (Å²) in [6.45, 7) is 6.83. The SMILES string of the molecule is COC(c1noc(-c2ccccc2CCN)n1)C(C)(C)C. The van der Waals surface area contributed by atoms with Crippen LogP contribution in [0, 0.1) is 5.41 Å². The van der Waals surface area contributed by atoms with Crippen molar-refractivity contribution in [2.24, 2.45) is 11.1 Å². The summed E-state index contributed by atoms with van der Waals surface area (Å²) in [5.74, 6) is 1.09. The highest BCUT2D eigenvalue weighted by molar-refractivity contribution is 5.58. The van der Waals surface area contributed by atoms with Gasteiger partial charge in [0, 0.05) is 12.7 Å². The van der Waals surface area contributed by atoms with Crippen LogP contribution < -0.4 is 5.73 Å². The summed E-state index contributed by atoms with van der Waals surface area (Å²) >= 11 is 0. The summed E-state index contributed by atoms with van der Waals surface area (Å²) in [7, 11) is 1.66. The third-order valence-corrected chi connectivity index (χ3v) is 3.36. The second-order valence-electron chi connectivity index (χ2n) is 6.14. The number of benzene rings is 1. The van der Waals surface area contributed by atoms with E-state index in [2.05, 4.69) is 30.9 Å². The Morgan fingerprint density at radius 2 is 2.00 bits per heavy atom. The molecule has 2 N–H and O–H groups in total. The van der Waals surface area contributed by atoms with Gasteiger partial charge in [0.05, 0.1) is 0 Å². The van der Waals surface area contributed by atoms with E-state index >= 15 is 0 Å². The molecule has 0 amide bonds. The van der Waals surface area contributed by atoms with Gasteiger partial charge < -0.3 is 15.0 Å². The van der Waals surface area contributed by atoms with Crippen molar-refractivity contribution < 1.29 is 9.26 Å². The van der Waals surface area contributed by atoms with Crippen molar-refractivity contribution in [3.05, 3.63) is 35.7 Å². The molecule has 21 heavy (non-hydrogen) atoms. The Labute approximate surface area is 125 Å². The summed E-state index contributed by atoms with van der Waals surface area (Å²) in [5.41, 5.74) is 7.60. The Morgan fingerprint density at radius 3 is 2.62 bits per heavy atom. The number of ether oxygens (including phenoxy) is 1. The fourth-order valence-electron chi connectivity index (χ4n) is 2.40. The van der Waals surface area contributed by atoms with E-state index in [9.17, 15) is 0 Å². The maximum absolute atomic E-state index is 5.65. The zero-order chi connectivity index (χ0) is 15.5. The molecule has 0 saturated heterocycles. The second kappa shape index (κ2) is 6.37. The first kappa shape index (κ1) is 15.7. The molecule has 0 aliphatic carbocycles. The zero-order valence-corrected chi connectivity index (χ0v) is 13.1. The lowest BCUT2D eigenvalue weighted by Crippen LogP contribution is -2.21. The minimum Gasteiger partial charge on any atom is -0.373 e. The highest BCUT2D eigenvalue weighted by atomic mass is 16.5. The molecule has 114 valence electrons. The number of hydrogen-bond acceptors (Lipinski definition) is 5. The van der Waals surface area contributed by atoms with Crippen LogP contribution in [-0.2, 0) is 11.2 Å². The minimum atomic E-state index is -0.211. The molecule has 1 unspecified atom stereocenters. The Hall–Kier alpha value is -1.72. The van der Waals surface area contributed by atoms with Gasteiger partial charge in [-0.3, -0.25) is 0 Å². The van der Waals surface area contributed by atoms with Gasteiger partial charge in [0.25, 0.3) is 5.89 Å². The molecular weight excluding hydrogens is 266 g/mol. The van der Waals surface area contributed by atoms with Gasteiger partial charge in [-0.05, 0) is 30.0 Å². The van der Waals surface area contributed by atoms with Crippen LogP contribution in [0.15, 0.2) is 28.8 Å². The van der Waals surface area contributed by atoms with E-state index in [0.717, 1.165) is 17.5 Å². The average molecular weight is 289 g/mol. The minimum absolute atomic E-state index is 0.104. The fourth-order valence-corrected chi connectivity index (χ4v) is 2.40. The molecule has 1 heterocycles. The van der Waals surface area contributed by atoms with Gasteiger partial charge in [-0.2, -0.15) is 4.98 Å². The molecule has 5 nitrogen and oxygen atoms in total. The number of hydrogen-bond donors (Lipinski definition) is 1. The highest BCUT2D eigenvalue weighted by Crippen LogP contribution is 2.35. The molecule has 0 saturated carbocycles. The molecule has 1 atom stereocenters. The third-order valence-electron chi connectivity index (χ3n) is 3.36. The van der Waals surface area contributed by atoms with E-state index in [-0.39, 0.29) is 11.5 Å². The number of nitrogens with zero attached hydrogens (tertiary/aromatic N) is 2. The van der Waals surface area contributed by atoms with Crippen molar-refractivity contribution in [1.29, 1.82) is 0 Å². The van der Waals surface area contributed by atoms with Crippen molar-refractivity contribution in [3.63, 3.8) is 0 Å². The summed E-state index contributed by atoms with van der Waals surface area (Å²) in [5, 5.41) is 4.09. The van der Waals surface area contributed by atoms with Crippen LogP contribution >= 0.6 is 0 Å². The van der Waals surface area contributed by atoms with Crippen LogP contribution in [0.1, 0.15) is 38.3 Å². The molecule has 0 fully saturated rings. The van der Waals surface area contributed by atoms with E-state index < -0.39 is 0 Å². The van der Waals surface area contributed by atoms with E-state index in [4.69, 9.17) is 15.0 Å². The maximum atomic E-state index is 5.65. The predicted molar refractivity (Wildman–Crippen MR) is 81.7 cm³/mol. The first-order chi connectivity index (χ1) is 9.97. The smallest absolute Gasteiger partial charge is 0.258 e. The van der Waals surface area contributed by atoms with Gasteiger partial charge in [0.1, 0.15) is 6.10 Å². The molecule has 0 aliphatic heterocycles. The first-order valence-corrected chi connectivity index (χ1v) is 7.12. The normalized spacial score (nSPS) is 13.4. The lowest BCUT2D eigenvalue weighted by atomic mass is 9.88. The first-order valence-electron chi connectivity index (χ1n) is 7.12. The summed E-state index contributed by atoms with van der Waals surface area (Å²) < 4.78 is 11.0. The van der Waals surface area contributed by atoms with Crippen molar-refractivity contribution in [2.45, 2.75) is 33.3 Å². The van der Waals surface area contributed by atoms with Gasteiger partial charge in [-0.1, -0.05) is 44.1 Å². The van der Waals surface area contributed by atoms with E-state index in [1.807, 2.05) is 24.3 Å². The molecule has 1 aromatic carbocycles. The molecule has 2 rings (SSSR count). The molecule has 1 aromatic heterocycles. The average Bonchev–Trinajstić information content (AvgIpc) is 2.88. The van der Waals surface area contributed by atoms with Crippen molar-refractivity contribution in [1.82, 2.24) is 10.1 Å². The Morgan fingerprint density at radius 1 is 1.29 bits per heavy atom. The third kappa shape index (κ3) is 3.49. The molecule has 0 radical (unpaired) electrons. The van der Waals surface area contributed by atoms with Gasteiger partial charge in [-0.25, -0.2) is 0 Å². The number of methoxy groups -OCH3 is 1. The van der Waals surface area contributed by atoms with Crippen LogP contribution in [0.5, 0.6) is 0 Å². The monoisotopic (exact) mass is 289 g/mol. The highest BCUT2D eigenvalue weighted by Gasteiger charge is 2.30. The van der Waals surface area contributed by atoms with Gasteiger partial charge >= 0.3 is 0 Å². The Balaban J connectivity index is 2.36. The standard InChI is InChI=1S/C16H23N3O2/c1-16(2,3)13(20-4)14-18-15(21-19-14)12-8-6-5-7-11(12)9-10-17/h5-8,13H,9-10,17H2,1-4H3. The molecule has 0 aliphatic rings. The quantitative estimate of drug-likeness (QED) is 0.916. The molecule has 2 aromatic rings. The number of nitrogens with two attached hydrogens (primary N) is 1. The van der Waals surface area contributed by atoms with Gasteiger partial charge in [-0.15, -0.1) is 0 Å². The van der Waals surface area contributed by atoms with E-state index in [1.54, 1.807) is 7.11 Å². The molecule has 0 spiro atoms. The van der Waals surface area contributed by atoms with Crippen LogP contribution in [-0.4, -0.2) is 23.8 Å².